The first-order valence-electron chi connectivity index (χ1n) is 3.98. The van der Waals surface area contributed by atoms with Gasteiger partial charge in [-0.15, -0.1) is 12.4 Å². The lowest BCUT2D eigenvalue weighted by atomic mass is 10.0. The van der Waals surface area contributed by atoms with Crippen molar-refractivity contribution in [2.45, 2.75) is 18.1 Å². The Morgan fingerprint density at radius 1 is 1.18 bits per heavy atom. The van der Waals surface area contributed by atoms with Crippen LogP contribution < -0.4 is 5.73 Å². The highest BCUT2D eigenvalue weighted by Crippen LogP contribution is 2.43. The van der Waals surface area contributed by atoms with Gasteiger partial charge in [-0.2, -0.15) is 22.0 Å². The van der Waals surface area contributed by atoms with Gasteiger partial charge in [-0.1, -0.05) is 6.07 Å². The molecule has 2 N–H and O–H groups in total. The molecule has 0 unspecified atom stereocenters. The Morgan fingerprint density at radius 2 is 1.71 bits per heavy atom. The topological polar surface area (TPSA) is 38.9 Å². The van der Waals surface area contributed by atoms with Gasteiger partial charge in [0.15, 0.2) is 0 Å². The fraction of sp³-hybridized carbons (Fsp3) is 0.375. The molecule has 0 radical (unpaired) electrons. The zero-order valence-corrected chi connectivity index (χ0v) is 10.4. The Morgan fingerprint density at radius 3 is 2.06 bits per heavy atom. The smallest absolute Gasteiger partial charge is 0.319 e. The molecule has 0 aromatic carbocycles. The summed E-state index contributed by atoms with van der Waals surface area (Å²) in [5.74, 6) is -4.98. The summed E-state index contributed by atoms with van der Waals surface area (Å²) in [6.07, 6.45) is -4.81. The molecule has 0 aliphatic heterocycles. The van der Waals surface area contributed by atoms with Crippen LogP contribution in [0.15, 0.2) is 22.9 Å². The van der Waals surface area contributed by atoms with E-state index in [-0.39, 0.29) is 18.0 Å². The number of alkyl halides is 5. The zero-order valence-electron chi connectivity index (χ0n) is 8.01. The fourth-order valence-electron chi connectivity index (χ4n) is 0.957. The Hall–Kier alpha value is -0.470. The van der Waals surface area contributed by atoms with E-state index >= 15 is 0 Å². The first-order valence-corrected chi connectivity index (χ1v) is 4.77. The molecule has 0 amide bonds. The molecule has 0 saturated heterocycles. The summed E-state index contributed by atoms with van der Waals surface area (Å²) >= 11 is 2.92. The molecule has 9 heteroatoms. The van der Waals surface area contributed by atoms with Gasteiger partial charge in [0.05, 0.1) is 0 Å². The maximum absolute atomic E-state index is 12.8. The lowest BCUT2D eigenvalue weighted by Crippen LogP contribution is -2.45. The van der Waals surface area contributed by atoms with Crippen LogP contribution in [0.2, 0.25) is 0 Å². The number of hydrogen-bond acceptors (Lipinski definition) is 2. The molecular formula is C8H7BrClF5N2. The van der Waals surface area contributed by atoms with Crippen molar-refractivity contribution in [2.75, 3.05) is 0 Å². The van der Waals surface area contributed by atoms with Crippen LogP contribution in [0, 0.1) is 0 Å². The quantitative estimate of drug-likeness (QED) is 0.661. The minimum Gasteiger partial charge on any atom is -0.319 e. The third kappa shape index (κ3) is 3.49. The van der Waals surface area contributed by atoms with Gasteiger partial charge in [0.1, 0.15) is 10.6 Å². The minimum atomic E-state index is -5.68. The van der Waals surface area contributed by atoms with E-state index in [0.717, 1.165) is 12.3 Å². The van der Waals surface area contributed by atoms with E-state index in [1.54, 1.807) is 0 Å². The predicted molar refractivity (Wildman–Crippen MR) is 57.1 cm³/mol. The highest BCUT2D eigenvalue weighted by Gasteiger charge is 2.61. The van der Waals surface area contributed by atoms with Gasteiger partial charge < -0.3 is 5.73 Å². The molecule has 0 aliphatic rings. The molecule has 0 spiro atoms. The van der Waals surface area contributed by atoms with E-state index in [1.807, 2.05) is 0 Å². The maximum atomic E-state index is 12.8. The van der Waals surface area contributed by atoms with Gasteiger partial charge in [0, 0.05) is 6.20 Å². The maximum Gasteiger partial charge on any atom is 0.455 e. The molecule has 98 valence electrons. The summed E-state index contributed by atoms with van der Waals surface area (Å²) in [6, 6.07) is -0.170. The van der Waals surface area contributed by atoms with Crippen LogP contribution in [0.25, 0.3) is 0 Å². The number of nitrogens with two attached hydrogens (primary N) is 1. The standard InChI is InChI=1S/C8H6BrF5N2.ClH/c9-5-2-1-4(3-16-5)6(15)7(10,11)8(12,13)14;/h1-3,6H,15H2;1H/t6-;/m0./s1. The number of hydrogen-bond donors (Lipinski definition) is 1. The van der Waals surface area contributed by atoms with Crippen LogP contribution in [0.3, 0.4) is 0 Å². The molecule has 0 saturated carbocycles. The molecule has 0 bridgehead atoms. The molecule has 1 heterocycles. The average molecular weight is 342 g/mol. The van der Waals surface area contributed by atoms with Crippen molar-refractivity contribution in [1.29, 1.82) is 0 Å². The van der Waals surface area contributed by atoms with E-state index in [2.05, 4.69) is 20.9 Å². The molecule has 1 atom stereocenters. The predicted octanol–water partition coefficient (Wildman–Crippen LogP) is 3.46. The van der Waals surface area contributed by atoms with Gasteiger partial charge in [-0.25, -0.2) is 4.98 Å². The van der Waals surface area contributed by atoms with Crippen LogP contribution in [0.5, 0.6) is 0 Å². The molecule has 1 rings (SSSR count). The van der Waals surface area contributed by atoms with Crippen molar-refractivity contribution in [2.24, 2.45) is 5.73 Å². The summed E-state index contributed by atoms with van der Waals surface area (Å²) in [5.41, 5.74) is 4.50. The van der Waals surface area contributed by atoms with E-state index in [1.165, 1.54) is 6.07 Å². The van der Waals surface area contributed by atoms with Gasteiger partial charge in [0.2, 0.25) is 0 Å². The van der Waals surface area contributed by atoms with Crippen LogP contribution in [0.4, 0.5) is 22.0 Å². The van der Waals surface area contributed by atoms with Crippen molar-refractivity contribution in [3.8, 4) is 0 Å². The SMILES string of the molecule is Cl.N[C@@H](c1ccc(Br)nc1)C(F)(F)C(F)(F)F. The number of pyridine rings is 1. The van der Waals surface area contributed by atoms with Crippen molar-refractivity contribution in [3.63, 3.8) is 0 Å². The lowest BCUT2D eigenvalue weighted by molar-refractivity contribution is -0.291. The third-order valence-electron chi connectivity index (χ3n) is 1.88. The molecule has 0 aliphatic carbocycles. The van der Waals surface area contributed by atoms with E-state index in [4.69, 9.17) is 5.73 Å². The van der Waals surface area contributed by atoms with Crippen LogP contribution in [-0.2, 0) is 0 Å². The first kappa shape index (κ1) is 16.5. The summed E-state index contributed by atoms with van der Waals surface area (Å²) in [6.45, 7) is 0. The Balaban J connectivity index is 0.00000256. The van der Waals surface area contributed by atoms with E-state index in [0.29, 0.717) is 4.60 Å². The number of nitrogens with zero attached hydrogens (tertiary/aromatic N) is 1. The fourth-order valence-corrected chi connectivity index (χ4v) is 1.19. The Labute approximate surface area is 108 Å². The average Bonchev–Trinajstić information content (AvgIpc) is 2.16. The number of aromatic nitrogens is 1. The molecule has 17 heavy (non-hydrogen) atoms. The molecule has 2 nitrogen and oxygen atoms in total. The number of rotatable bonds is 2. The summed E-state index contributed by atoms with van der Waals surface area (Å²) in [7, 11) is 0. The summed E-state index contributed by atoms with van der Waals surface area (Å²) in [4.78, 5) is 3.53. The van der Waals surface area contributed by atoms with Crippen molar-refractivity contribution in [3.05, 3.63) is 28.5 Å². The third-order valence-corrected chi connectivity index (χ3v) is 2.35. The highest BCUT2D eigenvalue weighted by molar-refractivity contribution is 9.10. The molecule has 1 aromatic heterocycles. The van der Waals surface area contributed by atoms with Crippen molar-refractivity contribution < 1.29 is 22.0 Å². The monoisotopic (exact) mass is 340 g/mol. The molecule has 1 aromatic rings. The largest absolute Gasteiger partial charge is 0.455 e. The zero-order chi connectivity index (χ0) is 12.6. The summed E-state index contributed by atoms with van der Waals surface area (Å²) in [5, 5.41) is 0. The van der Waals surface area contributed by atoms with Crippen molar-refractivity contribution >= 4 is 28.3 Å². The van der Waals surface area contributed by atoms with Gasteiger partial charge in [-0.05, 0) is 27.6 Å². The highest BCUT2D eigenvalue weighted by atomic mass is 79.9. The Kier molecular flexibility index (Phi) is 5.30. The van der Waals surface area contributed by atoms with Gasteiger partial charge >= 0.3 is 12.1 Å². The second-order valence-electron chi connectivity index (χ2n) is 3.01. The minimum absolute atomic E-state index is 0. The van der Waals surface area contributed by atoms with Gasteiger partial charge in [-0.3, -0.25) is 0 Å². The summed E-state index contributed by atoms with van der Waals surface area (Å²) < 4.78 is 61.9. The second kappa shape index (κ2) is 5.45. The Bertz CT molecular complexity index is 367. The number of halogens is 7. The molecule has 0 fully saturated rings. The van der Waals surface area contributed by atoms with Crippen molar-refractivity contribution in [1.82, 2.24) is 4.98 Å². The van der Waals surface area contributed by atoms with E-state index in [9.17, 15) is 22.0 Å². The normalized spacial score (nSPS) is 14.1. The van der Waals surface area contributed by atoms with Gasteiger partial charge in [0.25, 0.3) is 0 Å². The molecular weight excluding hydrogens is 334 g/mol. The van der Waals surface area contributed by atoms with Crippen LogP contribution >= 0.6 is 28.3 Å². The van der Waals surface area contributed by atoms with Crippen LogP contribution in [0.1, 0.15) is 11.6 Å². The van der Waals surface area contributed by atoms with Crippen LogP contribution in [-0.4, -0.2) is 17.1 Å². The second-order valence-corrected chi connectivity index (χ2v) is 3.83. The lowest BCUT2D eigenvalue weighted by Gasteiger charge is -2.25. The first-order chi connectivity index (χ1) is 7.16. The van der Waals surface area contributed by atoms with E-state index < -0.39 is 18.1 Å².